The molecule has 0 aliphatic heterocycles. The maximum atomic E-state index is 12.7. The van der Waals surface area contributed by atoms with Crippen LogP contribution in [0.2, 0.25) is 0 Å². The Kier molecular flexibility index (Phi) is 10.3. The number of carbonyl (C=O) groups is 2. The lowest BCUT2D eigenvalue weighted by Gasteiger charge is -2.36. The summed E-state index contributed by atoms with van der Waals surface area (Å²) in [5, 5.41) is 0. The predicted octanol–water partition coefficient (Wildman–Crippen LogP) is 6.70. The lowest BCUT2D eigenvalue weighted by atomic mass is 9.77. The van der Waals surface area contributed by atoms with Gasteiger partial charge in [-0.25, -0.2) is 9.59 Å². The fraction of sp³-hybridized carbons (Fsp3) is 0.481. The molecular weight excluding hydrogens is 388 g/mol. The van der Waals surface area contributed by atoms with Gasteiger partial charge in [-0.2, -0.15) is 0 Å². The van der Waals surface area contributed by atoms with E-state index in [0.29, 0.717) is 11.1 Å². The van der Waals surface area contributed by atoms with Crippen LogP contribution in [0.5, 0.6) is 0 Å². The summed E-state index contributed by atoms with van der Waals surface area (Å²) in [6.07, 6.45) is 4.01. The Bertz CT molecular complexity index is 787. The van der Waals surface area contributed by atoms with Crippen LogP contribution in [0.3, 0.4) is 0 Å². The topological polar surface area (TPSA) is 52.6 Å². The summed E-state index contributed by atoms with van der Waals surface area (Å²) in [5.74, 6) is -0.358. The average molecular weight is 425 g/mol. The van der Waals surface area contributed by atoms with Crippen molar-refractivity contribution in [3.63, 3.8) is 0 Å². The molecular formula is C27H36O4. The number of esters is 2. The van der Waals surface area contributed by atoms with Crippen LogP contribution in [0.25, 0.3) is 0 Å². The van der Waals surface area contributed by atoms with Crippen LogP contribution in [0.4, 0.5) is 0 Å². The zero-order chi connectivity index (χ0) is 22.6. The first kappa shape index (κ1) is 24.6. The Labute approximate surface area is 187 Å². The molecule has 2 aromatic carbocycles. The van der Waals surface area contributed by atoms with Crippen molar-refractivity contribution in [2.45, 2.75) is 72.0 Å². The molecule has 4 atom stereocenters. The first-order chi connectivity index (χ1) is 15.0. The van der Waals surface area contributed by atoms with Gasteiger partial charge >= 0.3 is 11.9 Å². The molecule has 4 unspecified atom stereocenters. The van der Waals surface area contributed by atoms with Crippen molar-refractivity contribution in [2.75, 3.05) is 0 Å². The normalized spacial score (nSPS) is 14.8. The summed E-state index contributed by atoms with van der Waals surface area (Å²) in [4.78, 5) is 25.4. The van der Waals surface area contributed by atoms with Gasteiger partial charge in [-0.05, 0) is 50.5 Å². The molecule has 2 aromatic rings. The predicted molar refractivity (Wildman–Crippen MR) is 124 cm³/mol. The fourth-order valence-electron chi connectivity index (χ4n) is 4.29. The summed E-state index contributed by atoms with van der Waals surface area (Å²) in [6.45, 7) is 8.30. The van der Waals surface area contributed by atoms with Gasteiger partial charge in [0.2, 0.25) is 0 Å². The van der Waals surface area contributed by atoms with E-state index in [2.05, 4.69) is 20.8 Å². The van der Waals surface area contributed by atoms with Crippen molar-refractivity contribution in [1.82, 2.24) is 0 Å². The maximum absolute atomic E-state index is 12.7. The molecule has 0 aromatic heterocycles. The summed E-state index contributed by atoms with van der Waals surface area (Å²) < 4.78 is 11.9. The minimum Gasteiger partial charge on any atom is -0.459 e. The van der Waals surface area contributed by atoms with E-state index >= 15 is 0 Å². The van der Waals surface area contributed by atoms with Crippen molar-refractivity contribution in [1.29, 1.82) is 0 Å². The lowest BCUT2D eigenvalue weighted by Crippen LogP contribution is -2.38. The van der Waals surface area contributed by atoms with E-state index in [9.17, 15) is 9.59 Å². The maximum Gasteiger partial charge on any atom is 0.338 e. The minimum absolute atomic E-state index is 0.117. The number of rotatable bonds is 12. The summed E-state index contributed by atoms with van der Waals surface area (Å²) in [5.41, 5.74) is 1.12. The quantitative estimate of drug-likeness (QED) is 0.356. The molecule has 0 amide bonds. The minimum atomic E-state index is -0.307. The first-order valence-corrected chi connectivity index (χ1v) is 11.5. The summed E-state index contributed by atoms with van der Waals surface area (Å²) in [7, 11) is 0. The van der Waals surface area contributed by atoms with Gasteiger partial charge in [0, 0.05) is 11.8 Å². The van der Waals surface area contributed by atoms with Gasteiger partial charge in [0.15, 0.2) is 0 Å². The molecule has 0 aliphatic carbocycles. The average Bonchev–Trinajstić information content (AvgIpc) is 2.80. The molecule has 0 heterocycles. The molecule has 2 rings (SSSR count). The Morgan fingerprint density at radius 2 is 1.16 bits per heavy atom. The third-order valence-electron chi connectivity index (χ3n) is 5.85. The van der Waals surface area contributed by atoms with Gasteiger partial charge < -0.3 is 9.47 Å². The van der Waals surface area contributed by atoms with Crippen LogP contribution in [-0.2, 0) is 9.47 Å². The van der Waals surface area contributed by atoms with E-state index in [1.165, 1.54) is 0 Å². The molecule has 4 nitrogen and oxygen atoms in total. The third-order valence-corrected chi connectivity index (χ3v) is 5.85. The molecule has 0 N–H and O–H groups in total. The smallest absolute Gasteiger partial charge is 0.338 e. The van der Waals surface area contributed by atoms with E-state index < -0.39 is 0 Å². The summed E-state index contributed by atoms with van der Waals surface area (Å²) in [6, 6.07) is 18.2. The van der Waals surface area contributed by atoms with Gasteiger partial charge in [-0.1, -0.05) is 70.0 Å². The molecule has 168 valence electrons. The van der Waals surface area contributed by atoms with Crippen molar-refractivity contribution in [2.24, 2.45) is 11.8 Å². The highest BCUT2D eigenvalue weighted by Crippen LogP contribution is 2.33. The van der Waals surface area contributed by atoms with Gasteiger partial charge in [-0.15, -0.1) is 0 Å². The van der Waals surface area contributed by atoms with Crippen molar-refractivity contribution in [3.8, 4) is 0 Å². The number of benzene rings is 2. The second-order valence-corrected chi connectivity index (χ2v) is 8.10. The number of hydrogen-bond acceptors (Lipinski definition) is 4. The van der Waals surface area contributed by atoms with E-state index in [0.717, 1.165) is 32.1 Å². The van der Waals surface area contributed by atoms with Crippen molar-refractivity contribution >= 4 is 11.9 Å². The Morgan fingerprint density at radius 1 is 0.710 bits per heavy atom. The molecule has 0 saturated heterocycles. The highest BCUT2D eigenvalue weighted by Gasteiger charge is 2.35. The molecule has 0 aliphatic rings. The zero-order valence-electron chi connectivity index (χ0n) is 19.3. The largest absolute Gasteiger partial charge is 0.459 e. The van der Waals surface area contributed by atoms with Gasteiger partial charge in [0.1, 0.15) is 12.2 Å². The summed E-state index contributed by atoms with van der Waals surface area (Å²) >= 11 is 0. The molecule has 0 bridgehead atoms. The second-order valence-electron chi connectivity index (χ2n) is 8.10. The van der Waals surface area contributed by atoms with E-state index in [1.54, 1.807) is 24.3 Å². The molecule has 0 saturated carbocycles. The molecule has 0 radical (unpaired) electrons. The Balaban J connectivity index is 2.18. The van der Waals surface area contributed by atoms with Crippen LogP contribution < -0.4 is 0 Å². The number of ether oxygens (including phenoxy) is 2. The zero-order valence-corrected chi connectivity index (χ0v) is 19.3. The number of carbonyl (C=O) groups excluding carboxylic acids is 2. The number of hydrogen-bond donors (Lipinski definition) is 0. The third kappa shape index (κ3) is 7.23. The van der Waals surface area contributed by atoms with Crippen LogP contribution in [-0.4, -0.2) is 24.1 Å². The van der Waals surface area contributed by atoms with Crippen molar-refractivity contribution in [3.05, 3.63) is 71.8 Å². The molecule has 31 heavy (non-hydrogen) atoms. The van der Waals surface area contributed by atoms with E-state index in [1.807, 2.05) is 43.3 Å². The monoisotopic (exact) mass is 424 g/mol. The molecule has 0 fully saturated rings. The lowest BCUT2D eigenvalue weighted by molar-refractivity contribution is -0.0340. The second kappa shape index (κ2) is 12.9. The van der Waals surface area contributed by atoms with Crippen LogP contribution in [0, 0.1) is 11.8 Å². The van der Waals surface area contributed by atoms with Crippen molar-refractivity contribution < 1.29 is 19.1 Å². The fourth-order valence-corrected chi connectivity index (χ4v) is 4.29. The molecule has 4 heteroatoms. The van der Waals surface area contributed by atoms with E-state index in [4.69, 9.17) is 9.47 Å². The Morgan fingerprint density at radius 3 is 1.61 bits per heavy atom. The first-order valence-electron chi connectivity index (χ1n) is 11.5. The van der Waals surface area contributed by atoms with Gasteiger partial charge in [0.25, 0.3) is 0 Å². The van der Waals surface area contributed by atoms with Crippen LogP contribution >= 0.6 is 0 Å². The SMILES string of the molecule is CCCC(C(C)OC(=O)c1ccccc1)C(CCC)C(CC)OC(=O)c1ccccc1. The standard InChI is InChI=1S/C27H36O4/c1-5-14-23(20(4)30-26(28)21-16-10-8-11-17-21)24(15-6-2)25(7-3)31-27(29)22-18-12-9-13-19-22/h8-13,16-20,23-25H,5-7,14-15H2,1-4H3. The van der Waals surface area contributed by atoms with Crippen LogP contribution in [0.1, 0.15) is 80.5 Å². The molecule has 0 spiro atoms. The van der Waals surface area contributed by atoms with Gasteiger partial charge in [0.05, 0.1) is 11.1 Å². The van der Waals surface area contributed by atoms with E-state index in [-0.39, 0.29) is 36.0 Å². The van der Waals surface area contributed by atoms with Crippen LogP contribution in [0.15, 0.2) is 60.7 Å². The highest BCUT2D eigenvalue weighted by molar-refractivity contribution is 5.89. The highest BCUT2D eigenvalue weighted by atomic mass is 16.5. The van der Waals surface area contributed by atoms with Gasteiger partial charge in [-0.3, -0.25) is 0 Å². The Hall–Kier alpha value is -2.62.